The van der Waals surface area contributed by atoms with E-state index in [1.54, 1.807) is 24.3 Å². The molecular weight excluding hydrogens is 553 g/mol. The van der Waals surface area contributed by atoms with Crippen LogP contribution < -0.4 is 16.1 Å². The number of carbonyl (C=O) groups is 3. The van der Waals surface area contributed by atoms with Gasteiger partial charge in [-0.2, -0.15) is 13.2 Å². The summed E-state index contributed by atoms with van der Waals surface area (Å²) in [6.07, 6.45) is -4.61. The van der Waals surface area contributed by atoms with E-state index in [9.17, 15) is 27.6 Å². The normalized spacial score (nSPS) is 11.3. The number of benzene rings is 3. The fourth-order valence-electron chi connectivity index (χ4n) is 3.78. The minimum absolute atomic E-state index is 0.0379. The summed E-state index contributed by atoms with van der Waals surface area (Å²) in [4.78, 5) is 38.5. The Kier molecular flexibility index (Phi) is 7.08. The molecule has 3 amide bonds. The fourth-order valence-corrected chi connectivity index (χ4v) is 4.16. The summed E-state index contributed by atoms with van der Waals surface area (Å²) in [6.45, 7) is 3.68. The van der Waals surface area contributed by atoms with Crippen LogP contribution in [0.4, 0.5) is 24.5 Å². The highest BCUT2D eigenvalue weighted by atomic mass is 79.9. The van der Waals surface area contributed by atoms with Gasteiger partial charge in [0.15, 0.2) is 0 Å². The van der Waals surface area contributed by atoms with Gasteiger partial charge in [0.1, 0.15) is 5.69 Å². The molecule has 190 valence electrons. The van der Waals surface area contributed by atoms with Gasteiger partial charge in [0.25, 0.3) is 5.91 Å². The number of rotatable bonds is 4. The lowest BCUT2D eigenvalue weighted by atomic mass is 10.1. The standard InChI is InChI=1S/C26H20BrF3N4O3/c1-14-5-3-6-15(2)22(14)32-23(35)21-12-16-11-18(27)9-10-20(16)34(21)33-25(37)24(36)31-19-8-4-7-17(13-19)26(28,29)30/h3-13H,1-2H3,(H,31,36)(H,32,35)(H,33,37). The largest absolute Gasteiger partial charge is 0.416 e. The molecule has 0 aliphatic heterocycles. The Morgan fingerprint density at radius 2 is 1.51 bits per heavy atom. The molecular formula is C26H20BrF3N4O3. The summed E-state index contributed by atoms with van der Waals surface area (Å²) in [5, 5.41) is 5.60. The molecule has 7 nitrogen and oxygen atoms in total. The van der Waals surface area contributed by atoms with Crippen LogP contribution in [-0.2, 0) is 15.8 Å². The molecule has 0 saturated carbocycles. The van der Waals surface area contributed by atoms with Gasteiger partial charge >= 0.3 is 18.0 Å². The molecule has 4 aromatic rings. The van der Waals surface area contributed by atoms with E-state index in [0.717, 1.165) is 33.8 Å². The predicted octanol–water partition coefficient (Wildman–Crippen LogP) is 6.00. The summed E-state index contributed by atoms with van der Waals surface area (Å²) < 4.78 is 40.8. The van der Waals surface area contributed by atoms with Gasteiger partial charge in [0, 0.05) is 21.2 Å². The molecule has 1 aromatic heterocycles. The Morgan fingerprint density at radius 1 is 0.838 bits per heavy atom. The minimum Gasteiger partial charge on any atom is -0.320 e. The average Bonchev–Trinajstić information content (AvgIpc) is 3.18. The maximum atomic E-state index is 13.3. The van der Waals surface area contributed by atoms with Crippen LogP contribution in [0.25, 0.3) is 10.9 Å². The Morgan fingerprint density at radius 3 is 2.19 bits per heavy atom. The van der Waals surface area contributed by atoms with Crippen LogP contribution in [0.5, 0.6) is 0 Å². The summed E-state index contributed by atoms with van der Waals surface area (Å²) in [5.41, 5.74) is 3.95. The SMILES string of the molecule is Cc1cccc(C)c1NC(=O)c1cc2cc(Br)ccc2n1NC(=O)C(=O)Nc1cccc(C(F)(F)F)c1. The van der Waals surface area contributed by atoms with E-state index in [0.29, 0.717) is 16.6 Å². The van der Waals surface area contributed by atoms with Crippen molar-refractivity contribution in [2.75, 3.05) is 16.1 Å². The second kappa shape index (κ2) is 10.1. The topological polar surface area (TPSA) is 92.2 Å². The van der Waals surface area contributed by atoms with Gasteiger partial charge in [0.2, 0.25) is 0 Å². The number of carbonyl (C=O) groups excluding carboxylic acids is 3. The molecule has 11 heteroatoms. The van der Waals surface area contributed by atoms with Crippen molar-refractivity contribution in [1.82, 2.24) is 4.68 Å². The lowest BCUT2D eigenvalue weighted by molar-refractivity contribution is -0.137. The number of alkyl halides is 3. The molecule has 0 spiro atoms. The Balaban J connectivity index is 1.63. The van der Waals surface area contributed by atoms with Gasteiger partial charge in [-0.3, -0.25) is 19.8 Å². The van der Waals surface area contributed by atoms with E-state index >= 15 is 0 Å². The summed E-state index contributed by atoms with van der Waals surface area (Å²) >= 11 is 3.37. The number of aryl methyl sites for hydroxylation is 2. The maximum absolute atomic E-state index is 13.3. The molecule has 0 bridgehead atoms. The van der Waals surface area contributed by atoms with E-state index in [-0.39, 0.29) is 11.4 Å². The molecule has 4 rings (SSSR count). The van der Waals surface area contributed by atoms with E-state index < -0.39 is 29.5 Å². The van der Waals surface area contributed by atoms with Gasteiger partial charge in [-0.05, 0) is 67.4 Å². The molecule has 3 N–H and O–H groups in total. The zero-order valence-electron chi connectivity index (χ0n) is 19.5. The maximum Gasteiger partial charge on any atom is 0.416 e. The molecule has 0 unspecified atom stereocenters. The second-order valence-corrected chi connectivity index (χ2v) is 9.18. The van der Waals surface area contributed by atoms with Crippen molar-refractivity contribution in [3.63, 3.8) is 0 Å². The zero-order chi connectivity index (χ0) is 26.9. The lowest BCUT2D eigenvalue weighted by Crippen LogP contribution is -2.36. The quantitative estimate of drug-likeness (QED) is 0.262. The van der Waals surface area contributed by atoms with Crippen molar-refractivity contribution >= 4 is 55.9 Å². The molecule has 0 aliphatic carbocycles. The number of para-hydroxylation sites is 1. The molecule has 0 fully saturated rings. The average molecular weight is 573 g/mol. The first-order valence-electron chi connectivity index (χ1n) is 10.9. The second-order valence-electron chi connectivity index (χ2n) is 8.26. The Hall–Kier alpha value is -4.12. The molecule has 3 aromatic carbocycles. The predicted molar refractivity (Wildman–Crippen MR) is 138 cm³/mol. The number of hydrogen-bond acceptors (Lipinski definition) is 3. The monoisotopic (exact) mass is 572 g/mol. The van der Waals surface area contributed by atoms with Gasteiger partial charge < -0.3 is 10.6 Å². The van der Waals surface area contributed by atoms with Crippen LogP contribution in [0.1, 0.15) is 27.2 Å². The summed E-state index contributed by atoms with van der Waals surface area (Å²) in [5.74, 6) is -2.93. The highest BCUT2D eigenvalue weighted by Crippen LogP contribution is 2.31. The Labute approximate surface area is 217 Å². The van der Waals surface area contributed by atoms with Crippen molar-refractivity contribution in [1.29, 1.82) is 0 Å². The number of amides is 3. The first kappa shape index (κ1) is 26.0. The number of fused-ring (bicyclic) bond motifs is 1. The number of anilines is 2. The van der Waals surface area contributed by atoms with Gasteiger partial charge in [-0.1, -0.05) is 40.2 Å². The van der Waals surface area contributed by atoms with Crippen LogP contribution in [0.2, 0.25) is 0 Å². The third-order valence-corrected chi connectivity index (χ3v) is 6.08. The van der Waals surface area contributed by atoms with E-state index in [1.807, 2.05) is 32.0 Å². The number of nitrogens with zero attached hydrogens (tertiary/aromatic N) is 1. The number of nitrogens with one attached hydrogen (secondary N) is 3. The molecule has 0 radical (unpaired) electrons. The van der Waals surface area contributed by atoms with Crippen molar-refractivity contribution in [2.45, 2.75) is 20.0 Å². The third-order valence-electron chi connectivity index (χ3n) is 5.58. The molecule has 0 atom stereocenters. The minimum atomic E-state index is -4.61. The van der Waals surface area contributed by atoms with Crippen molar-refractivity contribution in [3.05, 3.63) is 93.6 Å². The first-order chi connectivity index (χ1) is 17.4. The highest BCUT2D eigenvalue weighted by Gasteiger charge is 2.30. The molecule has 0 saturated heterocycles. The summed E-state index contributed by atoms with van der Waals surface area (Å²) in [6, 6.07) is 16.1. The first-order valence-corrected chi connectivity index (χ1v) is 11.7. The van der Waals surface area contributed by atoms with Crippen LogP contribution in [-0.4, -0.2) is 22.4 Å². The van der Waals surface area contributed by atoms with Gasteiger partial charge in [0.05, 0.1) is 11.1 Å². The number of aromatic nitrogens is 1. The zero-order valence-corrected chi connectivity index (χ0v) is 21.1. The molecule has 1 heterocycles. The van der Waals surface area contributed by atoms with E-state index in [2.05, 4.69) is 32.0 Å². The van der Waals surface area contributed by atoms with Crippen molar-refractivity contribution in [2.24, 2.45) is 0 Å². The highest BCUT2D eigenvalue weighted by molar-refractivity contribution is 9.10. The summed E-state index contributed by atoms with van der Waals surface area (Å²) in [7, 11) is 0. The smallest absolute Gasteiger partial charge is 0.320 e. The number of halogens is 4. The van der Waals surface area contributed by atoms with Crippen molar-refractivity contribution < 1.29 is 27.6 Å². The van der Waals surface area contributed by atoms with Crippen molar-refractivity contribution in [3.8, 4) is 0 Å². The fraction of sp³-hybridized carbons (Fsp3) is 0.115. The van der Waals surface area contributed by atoms with Gasteiger partial charge in [-0.15, -0.1) is 0 Å². The van der Waals surface area contributed by atoms with Gasteiger partial charge in [-0.25, -0.2) is 4.68 Å². The molecule has 0 aliphatic rings. The van der Waals surface area contributed by atoms with Crippen LogP contribution in [0, 0.1) is 13.8 Å². The Bertz CT molecular complexity index is 1530. The van der Waals surface area contributed by atoms with E-state index in [4.69, 9.17) is 0 Å². The van der Waals surface area contributed by atoms with Crippen LogP contribution in [0.15, 0.2) is 71.2 Å². The van der Waals surface area contributed by atoms with Crippen LogP contribution in [0.3, 0.4) is 0 Å². The third kappa shape index (κ3) is 5.67. The lowest BCUT2D eigenvalue weighted by Gasteiger charge is -2.15. The molecule has 37 heavy (non-hydrogen) atoms. The van der Waals surface area contributed by atoms with E-state index in [1.165, 1.54) is 10.7 Å². The van der Waals surface area contributed by atoms with Crippen LogP contribution >= 0.6 is 15.9 Å². The number of hydrogen-bond donors (Lipinski definition) is 3.